The number of hydrogen-bond acceptors (Lipinski definition) is 6. The van der Waals surface area contributed by atoms with Crippen LogP contribution >= 0.6 is 23.1 Å². The summed E-state index contributed by atoms with van der Waals surface area (Å²) in [6.07, 6.45) is 0. The Hall–Kier alpha value is -1.37. The Morgan fingerprint density at radius 1 is 1.40 bits per heavy atom. The lowest BCUT2D eigenvalue weighted by molar-refractivity contribution is 0.464. The minimum atomic E-state index is 0.182. The molecule has 1 unspecified atom stereocenters. The van der Waals surface area contributed by atoms with Crippen LogP contribution in [0.15, 0.2) is 44.6 Å². The summed E-state index contributed by atoms with van der Waals surface area (Å²) in [5.41, 5.74) is 2.69. The highest BCUT2D eigenvalue weighted by atomic mass is 32.2. The molecule has 1 atom stereocenters. The molecule has 1 aromatic carbocycles. The van der Waals surface area contributed by atoms with Gasteiger partial charge in [-0.1, -0.05) is 48.2 Å². The average Bonchev–Trinajstić information content (AvgIpc) is 3.12. The van der Waals surface area contributed by atoms with E-state index in [0.717, 1.165) is 33.4 Å². The number of rotatable bonds is 6. The van der Waals surface area contributed by atoms with E-state index < -0.39 is 0 Å². The molecular weight excluding hydrogens is 290 g/mol. The Labute approximate surface area is 125 Å². The second kappa shape index (κ2) is 6.39. The fourth-order valence-corrected chi connectivity index (χ4v) is 3.62. The van der Waals surface area contributed by atoms with Gasteiger partial charge in [-0.15, -0.1) is 10.2 Å². The monoisotopic (exact) mass is 305 g/mol. The highest BCUT2D eigenvalue weighted by Crippen LogP contribution is 2.29. The smallest absolute Gasteiger partial charge is 0.174 e. The standard InChI is InChI=1S/C14H15N3OS2/c1-2-15-11(8-19-14-17-16-9-20-14)13-7-10-5-3-4-6-12(10)18-13/h3-7,9,11,15H,2,8H2,1H3. The van der Waals surface area contributed by atoms with Gasteiger partial charge in [0.05, 0.1) is 6.04 Å². The molecule has 3 aromatic rings. The molecular formula is C14H15N3OS2. The quantitative estimate of drug-likeness (QED) is 0.703. The molecule has 0 aliphatic heterocycles. The molecule has 0 saturated heterocycles. The van der Waals surface area contributed by atoms with Crippen molar-refractivity contribution in [3.05, 3.63) is 41.6 Å². The molecule has 0 radical (unpaired) electrons. The van der Waals surface area contributed by atoms with Crippen molar-refractivity contribution in [2.75, 3.05) is 12.3 Å². The zero-order chi connectivity index (χ0) is 13.8. The number of hydrogen-bond donors (Lipinski definition) is 1. The Bertz CT molecular complexity index is 633. The van der Waals surface area contributed by atoms with Crippen molar-refractivity contribution in [3.8, 4) is 0 Å². The molecule has 0 saturated carbocycles. The van der Waals surface area contributed by atoms with E-state index in [1.807, 2.05) is 18.2 Å². The third-order valence-corrected chi connectivity index (χ3v) is 4.91. The predicted molar refractivity (Wildman–Crippen MR) is 83.3 cm³/mol. The van der Waals surface area contributed by atoms with E-state index >= 15 is 0 Å². The lowest BCUT2D eigenvalue weighted by Crippen LogP contribution is -2.22. The summed E-state index contributed by atoms with van der Waals surface area (Å²) in [5, 5.41) is 12.5. The molecule has 0 fully saturated rings. The van der Waals surface area contributed by atoms with Gasteiger partial charge in [0.1, 0.15) is 16.9 Å². The minimum Gasteiger partial charge on any atom is -0.459 e. The van der Waals surface area contributed by atoms with Gasteiger partial charge >= 0.3 is 0 Å². The first-order valence-corrected chi connectivity index (χ1v) is 8.34. The SMILES string of the molecule is CCNC(CSc1nncs1)c1cc2ccccc2o1. The molecule has 2 aromatic heterocycles. The van der Waals surface area contributed by atoms with Crippen molar-refractivity contribution in [1.29, 1.82) is 0 Å². The number of furan rings is 1. The topological polar surface area (TPSA) is 51.0 Å². The highest BCUT2D eigenvalue weighted by Gasteiger charge is 2.16. The number of thioether (sulfide) groups is 1. The van der Waals surface area contributed by atoms with Gasteiger partial charge in [-0.2, -0.15) is 0 Å². The van der Waals surface area contributed by atoms with Crippen LogP contribution in [0, 0.1) is 0 Å². The van der Waals surface area contributed by atoms with Crippen LogP contribution in [0.5, 0.6) is 0 Å². The molecule has 0 spiro atoms. The Morgan fingerprint density at radius 2 is 2.30 bits per heavy atom. The van der Waals surface area contributed by atoms with Crippen LogP contribution in [0.1, 0.15) is 18.7 Å². The summed E-state index contributed by atoms with van der Waals surface area (Å²) in [6.45, 7) is 3.00. The summed E-state index contributed by atoms with van der Waals surface area (Å²) in [6, 6.07) is 10.4. The van der Waals surface area contributed by atoms with Crippen molar-refractivity contribution in [3.63, 3.8) is 0 Å². The van der Waals surface area contributed by atoms with Crippen molar-refractivity contribution < 1.29 is 4.42 Å². The maximum Gasteiger partial charge on any atom is 0.174 e. The lowest BCUT2D eigenvalue weighted by Gasteiger charge is -2.13. The van der Waals surface area contributed by atoms with Crippen molar-refractivity contribution in [1.82, 2.24) is 15.5 Å². The number of para-hydroxylation sites is 1. The summed E-state index contributed by atoms with van der Waals surface area (Å²) >= 11 is 3.27. The van der Waals surface area contributed by atoms with Gasteiger partial charge < -0.3 is 9.73 Å². The predicted octanol–water partition coefficient (Wildman–Crippen LogP) is 3.73. The second-order valence-corrected chi connectivity index (χ2v) is 6.41. The van der Waals surface area contributed by atoms with Gasteiger partial charge in [-0.25, -0.2) is 0 Å². The number of nitrogens with zero attached hydrogens (tertiary/aromatic N) is 2. The van der Waals surface area contributed by atoms with Gasteiger partial charge in [0.2, 0.25) is 0 Å². The highest BCUT2D eigenvalue weighted by molar-refractivity contribution is 8.01. The summed E-state index contributed by atoms with van der Waals surface area (Å²) < 4.78 is 6.93. The van der Waals surface area contributed by atoms with Crippen LogP contribution in [-0.4, -0.2) is 22.5 Å². The van der Waals surface area contributed by atoms with E-state index in [2.05, 4.69) is 34.6 Å². The Morgan fingerprint density at radius 3 is 3.05 bits per heavy atom. The molecule has 6 heteroatoms. The van der Waals surface area contributed by atoms with Crippen molar-refractivity contribution in [2.45, 2.75) is 17.3 Å². The average molecular weight is 305 g/mol. The lowest BCUT2D eigenvalue weighted by atomic mass is 10.2. The summed E-state index contributed by atoms with van der Waals surface area (Å²) in [4.78, 5) is 0. The summed E-state index contributed by atoms with van der Waals surface area (Å²) in [7, 11) is 0. The van der Waals surface area contributed by atoms with Crippen LogP contribution in [0.3, 0.4) is 0 Å². The third-order valence-electron chi connectivity index (χ3n) is 2.95. The third kappa shape index (κ3) is 3.03. The molecule has 0 bridgehead atoms. The molecule has 0 aliphatic rings. The van der Waals surface area contributed by atoms with E-state index in [-0.39, 0.29) is 6.04 Å². The van der Waals surface area contributed by atoms with Gasteiger partial charge in [0.15, 0.2) is 4.34 Å². The van der Waals surface area contributed by atoms with E-state index in [9.17, 15) is 0 Å². The normalized spacial score (nSPS) is 12.8. The zero-order valence-electron chi connectivity index (χ0n) is 11.1. The van der Waals surface area contributed by atoms with Crippen LogP contribution in [0.4, 0.5) is 0 Å². The molecule has 2 heterocycles. The first-order valence-electron chi connectivity index (χ1n) is 6.47. The zero-order valence-corrected chi connectivity index (χ0v) is 12.7. The minimum absolute atomic E-state index is 0.182. The Kier molecular flexibility index (Phi) is 4.34. The Balaban J connectivity index is 1.78. The van der Waals surface area contributed by atoms with Crippen molar-refractivity contribution in [2.24, 2.45) is 0 Å². The van der Waals surface area contributed by atoms with Crippen LogP contribution in [0.2, 0.25) is 0 Å². The maximum atomic E-state index is 5.94. The number of fused-ring (bicyclic) bond motifs is 1. The van der Waals surface area contributed by atoms with E-state index in [4.69, 9.17) is 4.42 Å². The van der Waals surface area contributed by atoms with Gasteiger partial charge in [0, 0.05) is 11.1 Å². The fourth-order valence-electron chi connectivity index (χ4n) is 2.04. The molecule has 0 aliphatic carbocycles. The number of aromatic nitrogens is 2. The first kappa shape index (κ1) is 13.6. The number of nitrogens with one attached hydrogen (secondary N) is 1. The summed E-state index contributed by atoms with van der Waals surface area (Å²) in [5.74, 6) is 1.85. The first-order chi connectivity index (χ1) is 9.86. The maximum absolute atomic E-state index is 5.94. The van der Waals surface area contributed by atoms with Crippen LogP contribution in [-0.2, 0) is 0 Å². The van der Waals surface area contributed by atoms with Crippen molar-refractivity contribution >= 4 is 34.1 Å². The largest absolute Gasteiger partial charge is 0.459 e. The van der Waals surface area contributed by atoms with Crippen LogP contribution in [0.25, 0.3) is 11.0 Å². The molecule has 3 rings (SSSR count). The molecule has 20 heavy (non-hydrogen) atoms. The van der Waals surface area contributed by atoms with Crippen LogP contribution < -0.4 is 5.32 Å². The molecule has 0 amide bonds. The van der Waals surface area contributed by atoms with Gasteiger partial charge in [-0.3, -0.25) is 0 Å². The molecule has 104 valence electrons. The number of benzene rings is 1. The van der Waals surface area contributed by atoms with Gasteiger partial charge in [-0.05, 0) is 18.7 Å². The van der Waals surface area contributed by atoms with E-state index in [0.29, 0.717) is 0 Å². The second-order valence-electron chi connectivity index (χ2n) is 4.31. The fraction of sp³-hybridized carbons (Fsp3) is 0.286. The van der Waals surface area contributed by atoms with Gasteiger partial charge in [0.25, 0.3) is 0 Å². The van der Waals surface area contributed by atoms with E-state index in [1.54, 1.807) is 28.6 Å². The molecule has 4 nitrogen and oxygen atoms in total. The molecule has 1 N–H and O–H groups in total. The van der Waals surface area contributed by atoms with E-state index in [1.165, 1.54) is 0 Å².